The molecular formula is C48H82N8O13S2. The molecule has 4 atom stereocenters. The van der Waals surface area contributed by atoms with E-state index in [1.54, 1.807) is 118 Å². The third-order valence-corrected chi connectivity index (χ3v) is 9.61. The molecule has 404 valence electrons. The summed E-state index contributed by atoms with van der Waals surface area (Å²) in [6.45, 7) is 17.9. The molecule has 0 radical (unpaired) electrons. The van der Waals surface area contributed by atoms with Gasteiger partial charge < -0.3 is 68.6 Å². The van der Waals surface area contributed by atoms with Crippen molar-refractivity contribution in [3.05, 3.63) is 59.7 Å². The molecule has 0 saturated heterocycles. The Morgan fingerprint density at radius 2 is 0.944 bits per heavy atom. The smallest absolute Gasteiger partial charge is 0.408 e. The SMILES string of the molecule is CC(C)[C@H](NC(=O)OC(C)(C)C)C(=O)C[C@@H](CCCNC(N)=O)C(=O)Nc1ccc(CO)cc1.CC(C)[C@H](NC(=O)OC(C)(C)C)C(=O)C[C@@H](CCCNC(N)=O)C(=O)O.Nc1ccc(CO)cc1.S.S. The van der Waals surface area contributed by atoms with Crippen LogP contribution in [-0.4, -0.2) is 99.4 Å². The summed E-state index contributed by atoms with van der Waals surface area (Å²) in [5, 5.41) is 39.8. The van der Waals surface area contributed by atoms with Crippen molar-refractivity contribution in [1.29, 1.82) is 0 Å². The number of Topliss-reactive ketones (excluding diaryl/α,β-unsaturated/α-hetero) is 2. The minimum absolute atomic E-state index is 0. The molecule has 0 saturated carbocycles. The van der Waals surface area contributed by atoms with Crippen molar-refractivity contribution in [3.8, 4) is 0 Å². The molecule has 0 bridgehead atoms. The molecule has 2 aromatic rings. The number of hydrogen-bond acceptors (Lipinski definition) is 13. The van der Waals surface area contributed by atoms with E-state index in [1.807, 2.05) is 0 Å². The van der Waals surface area contributed by atoms with Crippen LogP contribution in [-0.2, 0) is 41.9 Å². The number of urea groups is 2. The number of carboxylic acids is 1. The standard InChI is InChI=1S/C24H38N4O6.C17H31N3O6.C7H9NO.2H2S/c1-15(2)20(28-23(33)34-24(3,4)5)19(30)13-17(7-6-12-26-22(25)32)21(31)27-18-10-8-16(14-29)9-11-18;1-10(2)13(20-16(25)26-17(3,4)5)12(21)9-11(14(22)23)7-6-8-19-15(18)24;8-7-3-1-6(5-9)2-4-7;;/h8-11,15,17,20,29H,6-7,12-14H2,1-5H3,(H,27,31)(H,28,33)(H3,25,26,32);10-11,13H,6-9H2,1-5H3,(H,20,25)(H,22,23)(H3,18,19,24);1-4,9H,5,8H2;2*1H2/t17-,20+;11-,13+;;;/m11.../s1. The molecule has 23 heteroatoms. The van der Waals surface area contributed by atoms with Gasteiger partial charge in [0.2, 0.25) is 5.91 Å². The van der Waals surface area contributed by atoms with E-state index in [2.05, 4.69) is 26.6 Å². The second-order valence-electron chi connectivity index (χ2n) is 18.9. The maximum atomic E-state index is 13.1. The van der Waals surface area contributed by atoms with Crippen LogP contribution in [0.25, 0.3) is 0 Å². The van der Waals surface area contributed by atoms with Gasteiger partial charge in [-0.25, -0.2) is 19.2 Å². The fourth-order valence-corrected chi connectivity index (χ4v) is 6.17. The van der Waals surface area contributed by atoms with Crippen LogP contribution in [0.2, 0.25) is 0 Å². The van der Waals surface area contributed by atoms with Crippen LogP contribution in [0.3, 0.4) is 0 Å². The van der Waals surface area contributed by atoms with Gasteiger partial charge in [-0.3, -0.25) is 19.2 Å². The molecule has 14 N–H and O–H groups in total. The van der Waals surface area contributed by atoms with Gasteiger partial charge in [-0.05, 0) is 114 Å². The topological polar surface area (TPSA) is 354 Å². The van der Waals surface area contributed by atoms with Crippen molar-refractivity contribution in [2.45, 2.75) is 144 Å². The Morgan fingerprint density at radius 1 is 0.592 bits per heavy atom. The largest absolute Gasteiger partial charge is 0.481 e. The summed E-state index contributed by atoms with van der Waals surface area (Å²) >= 11 is 0. The van der Waals surface area contributed by atoms with E-state index in [9.17, 15) is 48.6 Å². The minimum Gasteiger partial charge on any atom is -0.481 e. The number of carboxylic acid groups (broad SMARTS) is 1. The average molecular weight is 1040 g/mol. The molecule has 0 aliphatic heterocycles. The van der Waals surface area contributed by atoms with Gasteiger partial charge in [-0.1, -0.05) is 52.0 Å². The van der Waals surface area contributed by atoms with Crippen LogP contribution >= 0.6 is 27.0 Å². The number of hydrogen-bond donors (Lipinski definition) is 11. The summed E-state index contributed by atoms with van der Waals surface area (Å²) in [5.41, 5.74) is 16.9. The fourth-order valence-electron chi connectivity index (χ4n) is 6.17. The van der Waals surface area contributed by atoms with Crippen molar-refractivity contribution < 1.29 is 63.1 Å². The van der Waals surface area contributed by atoms with Gasteiger partial charge in [0.1, 0.15) is 11.2 Å². The predicted octanol–water partition coefficient (Wildman–Crippen LogP) is 5.32. The Balaban J connectivity index is -0.00000110. The van der Waals surface area contributed by atoms with E-state index >= 15 is 0 Å². The maximum Gasteiger partial charge on any atom is 0.408 e. The number of rotatable bonds is 23. The number of carbonyl (C=O) groups is 8. The lowest BCUT2D eigenvalue weighted by atomic mass is 9.89. The molecule has 7 amide bonds. The lowest BCUT2D eigenvalue weighted by molar-refractivity contribution is -0.144. The van der Waals surface area contributed by atoms with Crippen molar-refractivity contribution in [1.82, 2.24) is 21.3 Å². The predicted molar refractivity (Wildman–Crippen MR) is 282 cm³/mol. The number of aliphatic hydroxyl groups excluding tert-OH is 2. The van der Waals surface area contributed by atoms with Crippen LogP contribution in [0.1, 0.15) is 119 Å². The van der Waals surface area contributed by atoms with Crippen molar-refractivity contribution in [3.63, 3.8) is 0 Å². The summed E-state index contributed by atoms with van der Waals surface area (Å²) in [6, 6.07) is 10.8. The monoisotopic (exact) mass is 1040 g/mol. The summed E-state index contributed by atoms with van der Waals surface area (Å²) < 4.78 is 10.4. The molecule has 0 aliphatic rings. The first-order valence-electron chi connectivity index (χ1n) is 22.8. The highest BCUT2D eigenvalue weighted by Gasteiger charge is 2.32. The van der Waals surface area contributed by atoms with Crippen LogP contribution in [0.4, 0.5) is 30.6 Å². The minimum atomic E-state index is -1.10. The van der Waals surface area contributed by atoms with Crippen LogP contribution in [0.5, 0.6) is 0 Å². The molecule has 0 aromatic heterocycles. The van der Waals surface area contributed by atoms with Gasteiger partial charge in [-0.2, -0.15) is 27.0 Å². The molecule has 2 rings (SSSR count). The van der Waals surface area contributed by atoms with Crippen molar-refractivity contribution >= 4 is 86.1 Å². The quantitative estimate of drug-likeness (QED) is 0.0496. The molecule has 21 nitrogen and oxygen atoms in total. The summed E-state index contributed by atoms with van der Waals surface area (Å²) in [5.74, 6) is -4.16. The number of carbonyl (C=O) groups excluding carboxylic acids is 7. The molecule has 0 heterocycles. The summed E-state index contributed by atoms with van der Waals surface area (Å²) in [6.07, 6.45) is -0.400. The lowest BCUT2D eigenvalue weighted by Gasteiger charge is -2.26. The number of nitrogens with one attached hydrogen (secondary N) is 5. The zero-order valence-electron chi connectivity index (χ0n) is 42.8. The van der Waals surface area contributed by atoms with Gasteiger partial charge in [0.15, 0.2) is 11.6 Å². The number of aliphatic hydroxyl groups is 2. The average Bonchev–Trinajstić information content (AvgIpc) is 3.23. The molecular weight excluding hydrogens is 961 g/mol. The number of nitrogens with two attached hydrogens (primary N) is 3. The molecule has 0 aliphatic carbocycles. The van der Waals surface area contributed by atoms with E-state index < -0.39 is 65.3 Å². The van der Waals surface area contributed by atoms with Gasteiger partial charge in [0, 0.05) is 43.2 Å². The first-order valence-corrected chi connectivity index (χ1v) is 22.8. The molecule has 2 aromatic carbocycles. The molecule has 0 spiro atoms. The third-order valence-electron chi connectivity index (χ3n) is 9.61. The van der Waals surface area contributed by atoms with E-state index in [1.165, 1.54) is 0 Å². The number of anilines is 2. The Bertz CT molecular complexity index is 1940. The number of alkyl carbamates (subject to hydrolysis) is 2. The van der Waals surface area contributed by atoms with Crippen LogP contribution in [0, 0.1) is 23.7 Å². The van der Waals surface area contributed by atoms with E-state index in [0.717, 1.165) is 11.3 Å². The Labute approximate surface area is 432 Å². The number of aliphatic carboxylic acids is 1. The number of nitrogen functional groups attached to an aromatic ring is 1. The number of ketones is 2. The maximum absolute atomic E-state index is 13.1. The van der Waals surface area contributed by atoms with E-state index in [-0.39, 0.29) is 102 Å². The van der Waals surface area contributed by atoms with Gasteiger partial charge in [0.25, 0.3) is 0 Å². The number of primary amides is 2. The van der Waals surface area contributed by atoms with Crippen LogP contribution in [0.15, 0.2) is 48.5 Å². The van der Waals surface area contributed by atoms with Crippen LogP contribution < -0.4 is 43.8 Å². The Hall–Kier alpha value is -5.78. The normalized spacial score (nSPS) is 12.4. The second kappa shape index (κ2) is 35.3. The van der Waals surface area contributed by atoms with Gasteiger partial charge in [-0.15, -0.1) is 0 Å². The third kappa shape index (κ3) is 33.4. The van der Waals surface area contributed by atoms with E-state index in [0.29, 0.717) is 30.5 Å². The van der Waals surface area contributed by atoms with Crippen molar-refractivity contribution in [2.75, 3.05) is 24.1 Å². The number of ether oxygens (including phenoxy) is 2. The highest BCUT2D eigenvalue weighted by molar-refractivity contribution is 7.59. The molecule has 71 heavy (non-hydrogen) atoms. The zero-order chi connectivity index (χ0) is 53.1. The zero-order valence-corrected chi connectivity index (χ0v) is 44.8. The lowest BCUT2D eigenvalue weighted by Crippen LogP contribution is -2.47. The first-order chi connectivity index (χ1) is 32.0. The van der Waals surface area contributed by atoms with Gasteiger partial charge in [0.05, 0.1) is 31.2 Å². The molecule has 0 fully saturated rings. The second-order valence-corrected chi connectivity index (χ2v) is 18.9. The number of amides is 7. The Morgan fingerprint density at radius 3 is 1.27 bits per heavy atom. The summed E-state index contributed by atoms with van der Waals surface area (Å²) in [4.78, 5) is 95.7. The van der Waals surface area contributed by atoms with Gasteiger partial charge >= 0.3 is 30.2 Å². The fraction of sp³-hybridized carbons (Fsp3) is 0.583. The van der Waals surface area contributed by atoms with E-state index in [4.69, 9.17) is 31.8 Å². The highest BCUT2D eigenvalue weighted by Crippen LogP contribution is 2.21. The highest BCUT2D eigenvalue weighted by atomic mass is 32.1. The first kappa shape index (κ1) is 69.5. The number of benzene rings is 2. The van der Waals surface area contributed by atoms with Crippen molar-refractivity contribution in [2.24, 2.45) is 35.1 Å². The summed E-state index contributed by atoms with van der Waals surface area (Å²) in [7, 11) is 0. The Kier molecular flexibility index (Phi) is 34.6. The molecule has 0 unspecified atom stereocenters.